The molecular weight excluding hydrogens is 274 g/mol. The molecule has 1 atom stereocenters. The van der Waals surface area contributed by atoms with Crippen molar-refractivity contribution in [1.82, 2.24) is 0 Å². The Kier molecular flexibility index (Phi) is 3.59. The molecule has 2 aromatic carbocycles. The number of benzene rings is 2. The molecule has 0 fully saturated rings. The number of hydrogen-bond donors (Lipinski definition) is 0. The second-order valence-corrected chi connectivity index (χ2v) is 6.87. The van der Waals surface area contributed by atoms with Gasteiger partial charge in [0.15, 0.2) is 0 Å². The van der Waals surface area contributed by atoms with Gasteiger partial charge in [0.25, 0.3) is 0 Å². The Hall–Kier alpha value is -2.03. The average molecular weight is 297 g/mol. The highest BCUT2D eigenvalue weighted by Gasteiger charge is 2.37. The second-order valence-electron chi connectivity index (χ2n) is 6.87. The number of hydrogen-bond acceptors (Lipinski definition) is 3. The summed E-state index contributed by atoms with van der Waals surface area (Å²) in [6.45, 7) is 8.11. The van der Waals surface area contributed by atoms with Crippen LogP contribution in [0.5, 0.6) is 0 Å². The van der Waals surface area contributed by atoms with Gasteiger partial charge in [-0.1, -0.05) is 51.1 Å². The summed E-state index contributed by atoms with van der Waals surface area (Å²) in [7, 11) is 1.45. The lowest BCUT2D eigenvalue weighted by atomic mass is 9.84. The highest BCUT2D eigenvalue weighted by molar-refractivity contribution is 5.93. The van der Waals surface area contributed by atoms with Crippen LogP contribution in [-0.4, -0.2) is 26.2 Å². The zero-order valence-corrected chi connectivity index (χ0v) is 13.7. The van der Waals surface area contributed by atoms with Gasteiger partial charge in [-0.25, -0.2) is 0 Å². The van der Waals surface area contributed by atoms with E-state index in [4.69, 9.17) is 4.74 Å². The van der Waals surface area contributed by atoms with Crippen LogP contribution in [0.1, 0.15) is 26.3 Å². The van der Waals surface area contributed by atoms with Crippen molar-refractivity contribution in [3.8, 4) is 0 Å². The number of rotatable bonds is 3. The first-order chi connectivity index (χ1) is 10.4. The van der Waals surface area contributed by atoms with Gasteiger partial charge in [-0.05, 0) is 22.4 Å². The van der Waals surface area contributed by atoms with Crippen LogP contribution in [0.2, 0.25) is 0 Å². The molecule has 1 aliphatic heterocycles. The van der Waals surface area contributed by atoms with Gasteiger partial charge < -0.3 is 9.64 Å². The van der Waals surface area contributed by atoms with Crippen LogP contribution in [-0.2, 0) is 14.9 Å². The molecule has 0 bridgehead atoms. The Morgan fingerprint density at radius 1 is 1.27 bits per heavy atom. The fourth-order valence-corrected chi connectivity index (χ4v) is 3.65. The number of fused-ring (bicyclic) bond motifs is 3. The summed E-state index contributed by atoms with van der Waals surface area (Å²) in [5.41, 5.74) is 2.72. The lowest BCUT2D eigenvalue weighted by Crippen LogP contribution is -2.34. The molecule has 0 N–H and O–H groups in total. The van der Waals surface area contributed by atoms with Gasteiger partial charge in [-0.3, -0.25) is 4.79 Å². The van der Waals surface area contributed by atoms with E-state index in [9.17, 15) is 4.79 Å². The maximum atomic E-state index is 11.7. The summed E-state index contributed by atoms with van der Waals surface area (Å²) in [6, 6.07) is 12.9. The van der Waals surface area contributed by atoms with Crippen LogP contribution in [0.25, 0.3) is 10.8 Å². The molecule has 1 aliphatic rings. The van der Waals surface area contributed by atoms with Gasteiger partial charge in [0.1, 0.15) is 0 Å². The highest BCUT2D eigenvalue weighted by Crippen LogP contribution is 2.44. The molecule has 1 unspecified atom stereocenters. The molecule has 0 aliphatic carbocycles. The first kappa shape index (κ1) is 14.9. The van der Waals surface area contributed by atoms with E-state index in [0.717, 1.165) is 6.54 Å². The van der Waals surface area contributed by atoms with Crippen LogP contribution in [0.4, 0.5) is 5.69 Å². The third kappa shape index (κ3) is 2.35. The van der Waals surface area contributed by atoms with Gasteiger partial charge in [0.05, 0.1) is 13.0 Å². The van der Waals surface area contributed by atoms with E-state index in [0.29, 0.717) is 6.54 Å². The van der Waals surface area contributed by atoms with E-state index in [1.807, 2.05) is 6.92 Å². The summed E-state index contributed by atoms with van der Waals surface area (Å²) >= 11 is 0. The minimum Gasteiger partial charge on any atom is -0.469 e. The van der Waals surface area contributed by atoms with E-state index in [1.54, 1.807) is 0 Å². The number of nitrogens with zero attached hydrogens (tertiary/aromatic N) is 1. The first-order valence-electron chi connectivity index (χ1n) is 7.79. The standard InChI is InChI=1S/C19H23NO2/c1-13(18(21)22-4)11-20-12-19(2,3)17-15-8-6-5-7-14(15)9-10-16(17)20/h5-10,13H,11-12H2,1-4H3. The summed E-state index contributed by atoms with van der Waals surface area (Å²) in [4.78, 5) is 14.1. The van der Waals surface area contributed by atoms with Crippen molar-refractivity contribution in [2.45, 2.75) is 26.2 Å². The minimum atomic E-state index is -0.146. The van der Waals surface area contributed by atoms with Crippen LogP contribution in [0.3, 0.4) is 0 Å². The third-order valence-corrected chi connectivity index (χ3v) is 4.61. The quantitative estimate of drug-likeness (QED) is 0.808. The van der Waals surface area contributed by atoms with Gasteiger partial charge in [-0.2, -0.15) is 0 Å². The molecule has 0 saturated carbocycles. The van der Waals surface area contributed by atoms with Gasteiger partial charge in [-0.15, -0.1) is 0 Å². The van der Waals surface area contributed by atoms with Crippen LogP contribution in [0.15, 0.2) is 36.4 Å². The number of anilines is 1. The average Bonchev–Trinajstić information content (AvgIpc) is 2.77. The zero-order valence-electron chi connectivity index (χ0n) is 13.7. The largest absolute Gasteiger partial charge is 0.469 e. The SMILES string of the molecule is COC(=O)C(C)CN1CC(C)(C)c2c1ccc1ccccc21. The Labute approximate surface area is 131 Å². The fraction of sp³-hybridized carbons (Fsp3) is 0.421. The van der Waals surface area contributed by atoms with Crippen molar-refractivity contribution in [1.29, 1.82) is 0 Å². The Bertz CT molecular complexity index is 720. The van der Waals surface area contributed by atoms with Crippen molar-refractivity contribution < 1.29 is 9.53 Å². The number of carbonyl (C=O) groups excluding carboxylic acids is 1. The summed E-state index contributed by atoms with van der Waals surface area (Å²) in [5, 5.41) is 2.59. The lowest BCUT2D eigenvalue weighted by Gasteiger charge is -2.24. The summed E-state index contributed by atoms with van der Waals surface area (Å²) < 4.78 is 4.87. The van der Waals surface area contributed by atoms with E-state index >= 15 is 0 Å². The zero-order chi connectivity index (χ0) is 15.9. The molecule has 1 heterocycles. The Morgan fingerprint density at radius 3 is 2.73 bits per heavy atom. The topological polar surface area (TPSA) is 29.5 Å². The van der Waals surface area contributed by atoms with Crippen molar-refractivity contribution in [3.05, 3.63) is 42.0 Å². The first-order valence-corrected chi connectivity index (χ1v) is 7.79. The van der Waals surface area contributed by atoms with Gasteiger partial charge in [0.2, 0.25) is 0 Å². The predicted octanol–water partition coefficient (Wildman–Crippen LogP) is 3.75. The summed E-state index contributed by atoms with van der Waals surface area (Å²) in [5.74, 6) is -0.273. The van der Waals surface area contributed by atoms with Crippen molar-refractivity contribution in [2.24, 2.45) is 5.92 Å². The van der Waals surface area contributed by atoms with Crippen molar-refractivity contribution in [2.75, 3.05) is 25.1 Å². The molecular formula is C19H23NO2. The monoisotopic (exact) mass is 297 g/mol. The second kappa shape index (κ2) is 5.31. The molecule has 0 spiro atoms. The Balaban J connectivity index is 2.04. The fourth-order valence-electron chi connectivity index (χ4n) is 3.65. The highest BCUT2D eigenvalue weighted by atomic mass is 16.5. The molecule has 0 saturated heterocycles. The molecule has 0 amide bonds. The maximum Gasteiger partial charge on any atom is 0.310 e. The van der Waals surface area contributed by atoms with E-state index < -0.39 is 0 Å². The normalized spacial score (nSPS) is 17.4. The van der Waals surface area contributed by atoms with Crippen molar-refractivity contribution in [3.63, 3.8) is 0 Å². The van der Waals surface area contributed by atoms with Gasteiger partial charge >= 0.3 is 5.97 Å². The maximum absolute atomic E-state index is 11.7. The number of esters is 1. The predicted molar refractivity (Wildman–Crippen MR) is 90.4 cm³/mol. The molecule has 3 heteroatoms. The van der Waals surface area contributed by atoms with Crippen LogP contribution < -0.4 is 4.90 Å². The minimum absolute atomic E-state index is 0.0754. The molecule has 3 rings (SSSR count). The molecule has 116 valence electrons. The van der Waals surface area contributed by atoms with Gasteiger partial charge in [0, 0.05) is 24.2 Å². The molecule has 0 radical (unpaired) electrons. The third-order valence-electron chi connectivity index (χ3n) is 4.61. The van der Waals surface area contributed by atoms with E-state index in [2.05, 4.69) is 55.1 Å². The molecule has 3 nitrogen and oxygen atoms in total. The lowest BCUT2D eigenvalue weighted by molar-refractivity contribution is -0.144. The summed E-state index contributed by atoms with van der Waals surface area (Å²) in [6.07, 6.45) is 0. The van der Waals surface area contributed by atoms with Crippen LogP contribution in [0, 0.1) is 5.92 Å². The number of carbonyl (C=O) groups is 1. The van der Waals surface area contributed by atoms with E-state index in [-0.39, 0.29) is 17.3 Å². The van der Waals surface area contributed by atoms with Crippen LogP contribution >= 0.6 is 0 Å². The smallest absolute Gasteiger partial charge is 0.310 e. The molecule has 0 aromatic heterocycles. The Morgan fingerprint density at radius 2 is 2.00 bits per heavy atom. The van der Waals surface area contributed by atoms with E-state index in [1.165, 1.54) is 29.1 Å². The molecule has 22 heavy (non-hydrogen) atoms. The molecule has 2 aromatic rings. The van der Waals surface area contributed by atoms with Crippen molar-refractivity contribution >= 4 is 22.4 Å². The number of methoxy groups -OCH3 is 1. The number of ether oxygens (including phenoxy) is 1.